The van der Waals surface area contributed by atoms with Gasteiger partial charge in [-0.15, -0.1) is 0 Å². The van der Waals surface area contributed by atoms with Crippen LogP contribution in [0.1, 0.15) is 46.0 Å². The van der Waals surface area contributed by atoms with E-state index in [4.69, 9.17) is 0 Å². The molecule has 1 unspecified atom stereocenters. The fourth-order valence-electron chi connectivity index (χ4n) is 1.13. The third-order valence-corrected chi connectivity index (χ3v) is 2.16. The maximum Gasteiger partial charge on any atom is 0.143 e. The van der Waals surface area contributed by atoms with Crippen molar-refractivity contribution in [3.8, 4) is 0 Å². The summed E-state index contributed by atoms with van der Waals surface area (Å²) in [5, 5.41) is 0. The number of carbonyl (C=O) groups excluding carboxylic acids is 2. The lowest BCUT2D eigenvalue weighted by molar-refractivity contribution is -0.129. The van der Waals surface area contributed by atoms with Crippen LogP contribution >= 0.6 is 0 Å². The molecule has 0 N–H and O–H groups in total. The molecule has 0 spiro atoms. The van der Waals surface area contributed by atoms with Gasteiger partial charge in [-0.1, -0.05) is 26.2 Å². The highest BCUT2D eigenvalue weighted by Crippen LogP contribution is 2.08. The number of hydrogen-bond acceptors (Lipinski definition) is 2. The number of ketones is 2. The Morgan fingerprint density at radius 2 is 1.85 bits per heavy atom. The average Bonchev–Trinajstić information content (AvgIpc) is 2.10. The smallest absolute Gasteiger partial charge is 0.143 e. The van der Waals surface area contributed by atoms with Gasteiger partial charge in [-0.05, 0) is 20.3 Å². The summed E-state index contributed by atoms with van der Waals surface area (Å²) in [4.78, 5) is 22.1. The zero-order valence-corrected chi connectivity index (χ0v) is 8.64. The van der Waals surface area contributed by atoms with Crippen molar-refractivity contribution in [2.75, 3.05) is 0 Å². The monoisotopic (exact) mass is 183 g/mol. The number of rotatable bonds is 7. The quantitative estimate of drug-likeness (QED) is 0.449. The van der Waals surface area contributed by atoms with E-state index in [9.17, 15) is 9.59 Å². The maximum absolute atomic E-state index is 11.3. The average molecular weight is 183 g/mol. The second-order valence-corrected chi connectivity index (χ2v) is 3.44. The van der Waals surface area contributed by atoms with E-state index in [1.807, 2.05) is 0 Å². The summed E-state index contributed by atoms with van der Waals surface area (Å²) in [5.41, 5.74) is 0. The molecular weight excluding hydrogens is 164 g/mol. The Morgan fingerprint density at radius 1 is 1.23 bits per heavy atom. The van der Waals surface area contributed by atoms with Gasteiger partial charge < -0.3 is 0 Å². The van der Waals surface area contributed by atoms with Crippen LogP contribution in [-0.2, 0) is 9.59 Å². The summed E-state index contributed by atoms with van der Waals surface area (Å²) >= 11 is 0. The van der Waals surface area contributed by atoms with Crippen LogP contribution in [0.25, 0.3) is 0 Å². The molecule has 0 aromatic carbocycles. The van der Waals surface area contributed by atoms with E-state index < -0.39 is 5.92 Å². The highest BCUT2D eigenvalue weighted by atomic mass is 16.1. The van der Waals surface area contributed by atoms with Crippen molar-refractivity contribution in [1.82, 2.24) is 0 Å². The molecule has 1 atom stereocenters. The van der Waals surface area contributed by atoms with Crippen LogP contribution in [0.15, 0.2) is 0 Å². The first kappa shape index (κ1) is 12.3. The van der Waals surface area contributed by atoms with E-state index in [0.29, 0.717) is 6.42 Å². The zero-order chi connectivity index (χ0) is 10.3. The molecule has 13 heavy (non-hydrogen) atoms. The highest BCUT2D eigenvalue weighted by molar-refractivity contribution is 6.01. The predicted molar refractivity (Wildman–Crippen MR) is 53.3 cm³/mol. The van der Waals surface area contributed by atoms with Gasteiger partial charge >= 0.3 is 0 Å². The fourth-order valence-corrected chi connectivity index (χ4v) is 1.13. The summed E-state index contributed by atoms with van der Waals surface area (Å²) in [5.74, 6) is -0.772. The number of unbranched alkanes of at least 4 members (excludes halogenated alkanes) is 3. The van der Waals surface area contributed by atoms with Gasteiger partial charge in [0, 0.05) is 6.42 Å². The van der Waals surface area contributed by atoms with Crippen LogP contribution in [0, 0.1) is 12.8 Å². The Kier molecular flexibility index (Phi) is 6.47. The third kappa shape index (κ3) is 5.56. The summed E-state index contributed by atoms with van der Waals surface area (Å²) < 4.78 is 0. The molecule has 0 rings (SSSR count). The molecule has 0 heterocycles. The minimum absolute atomic E-state index is 0.0106. The second kappa shape index (κ2) is 6.81. The Bertz CT molecular complexity index is 173. The molecule has 0 aliphatic heterocycles. The van der Waals surface area contributed by atoms with Crippen molar-refractivity contribution in [3.63, 3.8) is 0 Å². The number of hydrogen-bond donors (Lipinski definition) is 0. The molecule has 2 nitrogen and oxygen atoms in total. The molecule has 2 heteroatoms. The van der Waals surface area contributed by atoms with Crippen LogP contribution in [0.4, 0.5) is 0 Å². The topological polar surface area (TPSA) is 34.1 Å². The van der Waals surface area contributed by atoms with E-state index in [0.717, 1.165) is 25.7 Å². The Balaban J connectivity index is 3.56. The van der Waals surface area contributed by atoms with E-state index in [-0.39, 0.29) is 11.6 Å². The van der Waals surface area contributed by atoms with Crippen molar-refractivity contribution in [1.29, 1.82) is 0 Å². The maximum atomic E-state index is 11.3. The lowest BCUT2D eigenvalue weighted by atomic mass is 9.97. The van der Waals surface area contributed by atoms with Gasteiger partial charge in [0.25, 0.3) is 0 Å². The Morgan fingerprint density at radius 3 is 2.31 bits per heavy atom. The summed E-state index contributed by atoms with van der Waals surface area (Å²) in [6.45, 7) is 7.08. The molecule has 0 bridgehead atoms. The van der Waals surface area contributed by atoms with Crippen molar-refractivity contribution in [2.45, 2.75) is 46.0 Å². The molecule has 0 saturated heterocycles. The molecule has 0 amide bonds. The molecule has 0 saturated carbocycles. The van der Waals surface area contributed by atoms with E-state index >= 15 is 0 Å². The normalized spacial score (nSPS) is 12.5. The Labute approximate surface area is 80.7 Å². The molecule has 0 aromatic rings. The molecule has 0 aromatic heterocycles. The predicted octanol–water partition coefficient (Wildman–Crippen LogP) is 2.57. The minimum Gasteiger partial charge on any atom is -0.299 e. The van der Waals surface area contributed by atoms with Gasteiger partial charge in [-0.25, -0.2) is 0 Å². The SMILES string of the molecule is [CH2]C(C(C)=O)C(=O)CCCCCC. The highest BCUT2D eigenvalue weighted by Gasteiger charge is 2.16. The first-order chi connectivity index (χ1) is 6.09. The molecule has 75 valence electrons. The van der Waals surface area contributed by atoms with Crippen molar-refractivity contribution in [2.24, 2.45) is 5.92 Å². The van der Waals surface area contributed by atoms with Crippen LogP contribution in [0.5, 0.6) is 0 Å². The summed E-state index contributed by atoms with van der Waals surface area (Å²) in [7, 11) is 0. The van der Waals surface area contributed by atoms with Crippen LogP contribution in [-0.4, -0.2) is 11.6 Å². The number of Topliss-reactive ketones (excluding diaryl/α,β-unsaturated/α-hetero) is 2. The number of carbonyl (C=O) groups is 2. The van der Waals surface area contributed by atoms with Gasteiger partial charge in [0.05, 0.1) is 5.92 Å². The first-order valence-corrected chi connectivity index (χ1v) is 4.95. The fraction of sp³-hybridized carbons (Fsp3) is 0.727. The molecule has 0 fully saturated rings. The van der Waals surface area contributed by atoms with Gasteiger partial charge in [-0.2, -0.15) is 0 Å². The van der Waals surface area contributed by atoms with Crippen LogP contribution in [0.2, 0.25) is 0 Å². The standard InChI is InChI=1S/C11H19O2/c1-4-5-6-7-8-11(13)9(2)10(3)12/h9H,2,4-8H2,1,3H3. The lowest BCUT2D eigenvalue weighted by Crippen LogP contribution is -2.18. The summed E-state index contributed by atoms with van der Waals surface area (Å²) in [6, 6.07) is 0. The lowest BCUT2D eigenvalue weighted by Gasteiger charge is -2.05. The van der Waals surface area contributed by atoms with Crippen LogP contribution in [0.3, 0.4) is 0 Å². The van der Waals surface area contributed by atoms with Crippen molar-refractivity contribution >= 4 is 11.6 Å². The zero-order valence-electron chi connectivity index (χ0n) is 8.64. The first-order valence-electron chi connectivity index (χ1n) is 4.95. The minimum atomic E-state index is -0.637. The van der Waals surface area contributed by atoms with E-state index in [1.54, 1.807) is 0 Å². The molecule has 1 radical (unpaired) electrons. The van der Waals surface area contributed by atoms with Gasteiger partial charge in [-0.3, -0.25) is 9.59 Å². The third-order valence-electron chi connectivity index (χ3n) is 2.16. The molecular formula is C11H19O2. The van der Waals surface area contributed by atoms with Gasteiger partial charge in [0.1, 0.15) is 11.6 Å². The van der Waals surface area contributed by atoms with Crippen LogP contribution < -0.4 is 0 Å². The van der Waals surface area contributed by atoms with Gasteiger partial charge in [0.15, 0.2) is 0 Å². The Hall–Kier alpha value is -0.660. The van der Waals surface area contributed by atoms with Crippen molar-refractivity contribution in [3.05, 3.63) is 6.92 Å². The van der Waals surface area contributed by atoms with E-state index in [2.05, 4.69) is 13.8 Å². The largest absolute Gasteiger partial charge is 0.299 e. The molecule has 0 aliphatic rings. The second-order valence-electron chi connectivity index (χ2n) is 3.44. The van der Waals surface area contributed by atoms with Crippen molar-refractivity contribution < 1.29 is 9.59 Å². The summed E-state index contributed by atoms with van der Waals surface area (Å²) in [6.07, 6.45) is 4.80. The van der Waals surface area contributed by atoms with E-state index in [1.165, 1.54) is 6.92 Å². The molecule has 0 aliphatic carbocycles. The van der Waals surface area contributed by atoms with Gasteiger partial charge in [0.2, 0.25) is 0 Å².